The highest BCUT2D eigenvalue weighted by molar-refractivity contribution is 6.74. The van der Waals surface area contributed by atoms with Gasteiger partial charge in [-0.05, 0) is 25.1 Å². The molecule has 1 unspecified atom stereocenters. The molecule has 2 heterocycles. The van der Waals surface area contributed by atoms with Crippen LogP contribution in [0.4, 0.5) is 0 Å². The summed E-state index contributed by atoms with van der Waals surface area (Å²) in [5.74, 6) is -0.408. The third kappa shape index (κ3) is 3.91. The van der Waals surface area contributed by atoms with E-state index < -0.39 is 38.3 Å². The quantitative estimate of drug-likeness (QED) is 0.526. The molecule has 2 aliphatic heterocycles. The SMILES string of the molecule is CCOC(=O)[C@@H]1N=CO[C@@]12CC(OC)O[C@@H]2CO[Si](C)(C)C(C)(C)C. The van der Waals surface area contributed by atoms with Crippen LogP contribution in [0.2, 0.25) is 18.1 Å². The van der Waals surface area contributed by atoms with Crippen LogP contribution < -0.4 is 0 Å². The Kier molecular flexibility index (Phi) is 5.98. The molecule has 0 aliphatic carbocycles. The zero-order valence-electron chi connectivity index (χ0n) is 16.3. The van der Waals surface area contributed by atoms with Crippen molar-refractivity contribution in [1.29, 1.82) is 0 Å². The smallest absolute Gasteiger partial charge is 0.335 e. The van der Waals surface area contributed by atoms with E-state index >= 15 is 0 Å². The molecular formula is C17H31NO6Si. The molecule has 144 valence electrons. The van der Waals surface area contributed by atoms with Crippen molar-refractivity contribution in [3.8, 4) is 0 Å². The number of carbonyl (C=O) groups is 1. The predicted octanol–water partition coefficient (Wildman–Crippen LogP) is 2.50. The molecule has 2 aliphatic rings. The number of aliphatic imine (C=N–C) groups is 1. The lowest BCUT2D eigenvalue weighted by atomic mass is 9.87. The van der Waals surface area contributed by atoms with Gasteiger partial charge in [0.15, 0.2) is 32.7 Å². The Balaban J connectivity index is 2.19. The molecule has 25 heavy (non-hydrogen) atoms. The molecule has 2 rings (SSSR count). The summed E-state index contributed by atoms with van der Waals surface area (Å²) in [6.45, 7) is 13.3. The van der Waals surface area contributed by atoms with E-state index in [1.807, 2.05) is 0 Å². The maximum atomic E-state index is 12.4. The van der Waals surface area contributed by atoms with Gasteiger partial charge in [0.1, 0.15) is 6.10 Å². The van der Waals surface area contributed by atoms with Crippen LogP contribution in [-0.2, 0) is 28.2 Å². The van der Waals surface area contributed by atoms with Gasteiger partial charge in [-0.2, -0.15) is 0 Å². The first-order chi connectivity index (χ1) is 11.6. The summed E-state index contributed by atoms with van der Waals surface area (Å²) in [4.78, 5) is 16.6. The topological polar surface area (TPSA) is 75.6 Å². The van der Waals surface area contributed by atoms with Crippen molar-refractivity contribution in [2.75, 3.05) is 20.3 Å². The van der Waals surface area contributed by atoms with Gasteiger partial charge >= 0.3 is 5.97 Å². The standard InChI is InChI=1S/C17H31NO6Si/c1-8-21-15(19)14-17(22-11-18-14)9-13(20-5)24-12(17)10-23-25(6,7)16(2,3)4/h11-14H,8-10H2,1-7H3/t12-,13?,14+,17-/m1/s1. The molecule has 1 spiro atoms. The van der Waals surface area contributed by atoms with Crippen LogP contribution in [0, 0.1) is 0 Å². The van der Waals surface area contributed by atoms with E-state index in [-0.39, 0.29) is 5.04 Å². The molecule has 0 radical (unpaired) electrons. The molecule has 7 nitrogen and oxygen atoms in total. The molecule has 0 aromatic carbocycles. The van der Waals surface area contributed by atoms with Crippen molar-refractivity contribution in [2.45, 2.75) is 76.3 Å². The molecule has 0 aromatic heterocycles. The first kappa shape index (κ1) is 20.4. The van der Waals surface area contributed by atoms with Crippen LogP contribution in [0.1, 0.15) is 34.1 Å². The van der Waals surface area contributed by atoms with Gasteiger partial charge in [-0.15, -0.1) is 0 Å². The van der Waals surface area contributed by atoms with Crippen molar-refractivity contribution < 1.29 is 28.2 Å². The summed E-state index contributed by atoms with van der Waals surface area (Å²) in [5, 5.41) is 0.0764. The zero-order valence-corrected chi connectivity index (χ0v) is 17.3. The molecule has 0 N–H and O–H groups in total. The van der Waals surface area contributed by atoms with E-state index in [9.17, 15) is 4.79 Å². The highest BCUT2D eigenvalue weighted by Crippen LogP contribution is 2.43. The van der Waals surface area contributed by atoms with Crippen molar-refractivity contribution in [1.82, 2.24) is 0 Å². The minimum Gasteiger partial charge on any atom is -0.471 e. The maximum Gasteiger partial charge on any atom is 0.335 e. The summed E-state index contributed by atoms with van der Waals surface area (Å²) < 4.78 is 28.6. The number of hydrogen-bond acceptors (Lipinski definition) is 7. The van der Waals surface area contributed by atoms with Crippen molar-refractivity contribution >= 4 is 20.7 Å². The van der Waals surface area contributed by atoms with E-state index in [0.717, 1.165) is 0 Å². The van der Waals surface area contributed by atoms with Crippen molar-refractivity contribution in [3.63, 3.8) is 0 Å². The monoisotopic (exact) mass is 373 g/mol. The average Bonchev–Trinajstić information content (AvgIpc) is 3.09. The summed E-state index contributed by atoms with van der Waals surface area (Å²) in [5.41, 5.74) is -0.935. The van der Waals surface area contributed by atoms with Gasteiger partial charge < -0.3 is 23.4 Å². The van der Waals surface area contributed by atoms with Gasteiger partial charge in [-0.25, -0.2) is 9.79 Å². The van der Waals surface area contributed by atoms with Crippen molar-refractivity contribution in [3.05, 3.63) is 0 Å². The maximum absolute atomic E-state index is 12.4. The van der Waals surface area contributed by atoms with Gasteiger partial charge in [0.25, 0.3) is 0 Å². The minimum atomic E-state index is -1.97. The molecule has 8 heteroatoms. The lowest BCUT2D eigenvalue weighted by molar-refractivity contribution is -0.154. The molecule has 0 saturated carbocycles. The second-order valence-electron chi connectivity index (χ2n) is 8.05. The Morgan fingerprint density at radius 1 is 1.40 bits per heavy atom. The lowest BCUT2D eigenvalue weighted by Crippen LogP contribution is -2.54. The average molecular weight is 374 g/mol. The zero-order chi connectivity index (χ0) is 18.9. The van der Waals surface area contributed by atoms with Crippen molar-refractivity contribution in [2.24, 2.45) is 4.99 Å². The minimum absolute atomic E-state index is 0.0764. The van der Waals surface area contributed by atoms with E-state index in [1.54, 1.807) is 14.0 Å². The van der Waals surface area contributed by atoms with Gasteiger partial charge in [0, 0.05) is 13.5 Å². The number of ether oxygens (including phenoxy) is 4. The van der Waals surface area contributed by atoms with Crippen LogP contribution in [0.15, 0.2) is 4.99 Å². The van der Waals surface area contributed by atoms with E-state index in [4.69, 9.17) is 23.4 Å². The Hall–Kier alpha value is -0.963. The van der Waals surface area contributed by atoms with Crippen LogP contribution >= 0.6 is 0 Å². The predicted molar refractivity (Wildman–Crippen MR) is 96.2 cm³/mol. The normalized spacial score (nSPS) is 32.2. The van der Waals surface area contributed by atoms with E-state index in [1.165, 1.54) is 6.40 Å². The first-order valence-corrected chi connectivity index (χ1v) is 11.7. The molecule has 0 aromatic rings. The summed E-state index contributed by atoms with van der Waals surface area (Å²) >= 11 is 0. The number of methoxy groups -OCH3 is 1. The van der Waals surface area contributed by atoms with Crippen LogP contribution in [0.5, 0.6) is 0 Å². The second kappa shape index (κ2) is 7.34. The molecule has 4 atom stereocenters. The Bertz CT molecular complexity index is 518. The fourth-order valence-electron chi connectivity index (χ4n) is 2.83. The number of hydrogen-bond donors (Lipinski definition) is 0. The third-order valence-corrected chi connectivity index (χ3v) is 9.97. The number of rotatable bonds is 6. The van der Waals surface area contributed by atoms with Crippen LogP contribution in [0.3, 0.4) is 0 Å². The van der Waals surface area contributed by atoms with E-state index in [0.29, 0.717) is 19.6 Å². The highest BCUT2D eigenvalue weighted by atomic mass is 28.4. The number of carbonyl (C=O) groups excluding carboxylic acids is 1. The third-order valence-electron chi connectivity index (χ3n) is 5.47. The largest absolute Gasteiger partial charge is 0.471 e. The second-order valence-corrected chi connectivity index (χ2v) is 12.9. The number of nitrogens with zero attached hydrogens (tertiary/aromatic N) is 1. The fourth-order valence-corrected chi connectivity index (χ4v) is 3.83. The first-order valence-electron chi connectivity index (χ1n) is 8.75. The van der Waals surface area contributed by atoms with Gasteiger partial charge in [0.05, 0.1) is 13.2 Å². The highest BCUT2D eigenvalue weighted by Gasteiger charge is 2.61. The summed E-state index contributed by atoms with van der Waals surface area (Å²) in [6, 6.07) is -0.763. The lowest BCUT2D eigenvalue weighted by Gasteiger charge is -2.39. The number of esters is 1. The summed E-state index contributed by atoms with van der Waals surface area (Å²) in [7, 11) is -0.396. The van der Waals surface area contributed by atoms with Gasteiger partial charge in [-0.1, -0.05) is 20.8 Å². The Morgan fingerprint density at radius 2 is 2.08 bits per heavy atom. The van der Waals surface area contributed by atoms with Gasteiger partial charge in [0.2, 0.25) is 0 Å². The molecule has 0 amide bonds. The Labute approximate surface area is 151 Å². The molecule has 1 fully saturated rings. The summed E-state index contributed by atoms with van der Waals surface area (Å²) in [6.07, 6.45) is 0.802. The Morgan fingerprint density at radius 3 is 2.64 bits per heavy atom. The van der Waals surface area contributed by atoms with Gasteiger partial charge in [-0.3, -0.25) is 0 Å². The fraction of sp³-hybridized carbons (Fsp3) is 0.882. The molecule has 1 saturated heterocycles. The van der Waals surface area contributed by atoms with Crippen LogP contribution in [0.25, 0.3) is 0 Å². The van der Waals surface area contributed by atoms with E-state index in [2.05, 4.69) is 38.9 Å². The molecule has 0 bridgehead atoms. The molecular weight excluding hydrogens is 342 g/mol. The van der Waals surface area contributed by atoms with Crippen LogP contribution in [-0.4, -0.2) is 65.0 Å².